The van der Waals surface area contributed by atoms with Gasteiger partial charge in [-0.05, 0) is 38.0 Å². The van der Waals surface area contributed by atoms with Gasteiger partial charge in [-0.3, -0.25) is 0 Å². The number of ether oxygens (including phenoxy) is 2. The highest BCUT2D eigenvalue weighted by atomic mass is 16.5. The molecule has 3 N–H and O–H groups in total. The lowest BCUT2D eigenvalue weighted by atomic mass is 10.0. The fourth-order valence-electron chi connectivity index (χ4n) is 1.76. The maximum atomic E-state index is 9.82. The summed E-state index contributed by atoms with van der Waals surface area (Å²) in [5, 5.41) is 22.2. The Hall–Kier alpha value is -1.46. The third-order valence-corrected chi connectivity index (χ3v) is 3.05. The molecule has 19 heavy (non-hydrogen) atoms. The third-order valence-electron chi connectivity index (χ3n) is 3.05. The smallest absolute Gasteiger partial charge is 0.200 e. The molecule has 0 unspecified atom stereocenters. The first-order valence-corrected chi connectivity index (χ1v) is 6.23. The highest BCUT2D eigenvalue weighted by Gasteiger charge is 2.17. The fraction of sp³-hybridized carbons (Fsp3) is 0.571. The Morgan fingerprint density at radius 1 is 1.16 bits per heavy atom. The van der Waals surface area contributed by atoms with Gasteiger partial charge in [0.05, 0.1) is 14.2 Å². The summed E-state index contributed by atoms with van der Waals surface area (Å²) in [6, 6.07) is 3.53. The van der Waals surface area contributed by atoms with Crippen LogP contribution in [0, 0.1) is 0 Å². The first kappa shape index (κ1) is 15.6. The molecule has 0 aliphatic carbocycles. The zero-order chi connectivity index (χ0) is 14.5. The Morgan fingerprint density at radius 2 is 1.68 bits per heavy atom. The highest BCUT2D eigenvalue weighted by molar-refractivity contribution is 5.52. The maximum Gasteiger partial charge on any atom is 0.200 e. The second kappa shape index (κ2) is 6.63. The molecule has 5 heteroatoms. The summed E-state index contributed by atoms with van der Waals surface area (Å²) in [5.74, 6) is 0.774. The lowest BCUT2D eigenvalue weighted by Crippen LogP contribution is -2.39. The molecule has 1 aromatic rings. The number of methoxy groups -OCH3 is 2. The average Bonchev–Trinajstić information content (AvgIpc) is 2.37. The van der Waals surface area contributed by atoms with Gasteiger partial charge in [-0.2, -0.15) is 0 Å². The second-order valence-electron chi connectivity index (χ2n) is 5.06. The second-order valence-corrected chi connectivity index (χ2v) is 5.06. The summed E-state index contributed by atoms with van der Waals surface area (Å²) in [7, 11) is 3.00. The van der Waals surface area contributed by atoms with Crippen molar-refractivity contribution in [2.75, 3.05) is 20.8 Å². The number of rotatable bonds is 7. The van der Waals surface area contributed by atoms with Crippen LogP contribution in [0.25, 0.3) is 0 Å². The summed E-state index contributed by atoms with van der Waals surface area (Å²) < 4.78 is 10.2. The number of nitrogens with one attached hydrogen (secondary N) is 1. The Kier molecular flexibility index (Phi) is 5.44. The van der Waals surface area contributed by atoms with E-state index in [9.17, 15) is 5.11 Å². The number of phenols is 1. The van der Waals surface area contributed by atoms with Crippen molar-refractivity contribution in [1.82, 2.24) is 5.32 Å². The Bertz CT molecular complexity index is 393. The zero-order valence-corrected chi connectivity index (χ0v) is 12.0. The Morgan fingerprint density at radius 3 is 2.11 bits per heavy atom. The first-order valence-electron chi connectivity index (χ1n) is 6.23. The van der Waals surface area contributed by atoms with Gasteiger partial charge in [-0.25, -0.2) is 0 Å². The van der Waals surface area contributed by atoms with Crippen molar-refractivity contribution in [3.8, 4) is 17.2 Å². The van der Waals surface area contributed by atoms with Crippen LogP contribution in [0.2, 0.25) is 0 Å². The predicted molar refractivity (Wildman–Crippen MR) is 73.8 cm³/mol. The number of hydrogen-bond acceptors (Lipinski definition) is 5. The van der Waals surface area contributed by atoms with Crippen molar-refractivity contribution in [3.63, 3.8) is 0 Å². The van der Waals surface area contributed by atoms with Gasteiger partial charge >= 0.3 is 0 Å². The SMILES string of the molecule is COc1cc(CNC(C)(C)CCO)cc(OC)c1O. The van der Waals surface area contributed by atoms with Gasteiger partial charge in [0.15, 0.2) is 11.5 Å². The number of hydrogen-bond donors (Lipinski definition) is 3. The highest BCUT2D eigenvalue weighted by Crippen LogP contribution is 2.37. The van der Waals surface area contributed by atoms with Crippen LogP contribution in [-0.4, -0.2) is 36.6 Å². The monoisotopic (exact) mass is 269 g/mol. The molecule has 0 radical (unpaired) electrons. The molecule has 108 valence electrons. The van der Waals surface area contributed by atoms with Crippen LogP contribution in [0.15, 0.2) is 12.1 Å². The van der Waals surface area contributed by atoms with E-state index >= 15 is 0 Å². The number of aromatic hydroxyl groups is 1. The molecular formula is C14H23NO4. The third kappa shape index (κ3) is 4.29. The molecule has 0 fully saturated rings. The molecule has 0 aliphatic rings. The predicted octanol–water partition coefficient (Wildman–Crippen LogP) is 1.66. The summed E-state index contributed by atoms with van der Waals surface area (Å²) in [6.07, 6.45) is 0.666. The normalized spacial score (nSPS) is 11.4. The topological polar surface area (TPSA) is 71.0 Å². The Balaban J connectivity index is 2.84. The van der Waals surface area contributed by atoms with E-state index in [1.807, 2.05) is 13.8 Å². The quantitative estimate of drug-likeness (QED) is 0.702. The maximum absolute atomic E-state index is 9.82. The minimum absolute atomic E-state index is 0.00312. The molecule has 5 nitrogen and oxygen atoms in total. The lowest BCUT2D eigenvalue weighted by molar-refractivity contribution is 0.230. The standard InChI is InChI=1S/C14H23NO4/c1-14(2,5-6-16)15-9-10-7-11(18-3)13(17)12(8-10)19-4/h7-8,15-17H,5-6,9H2,1-4H3. The zero-order valence-electron chi connectivity index (χ0n) is 12.0. The van der Waals surface area contributed by atoms with Crippen LogP contribution in [0.5, 0.6) is 17.2 Å². The molecular weight excluding hydrogens is 246 g/mol. The molecule has 1 aromatic carbocycles. The lowest BCUT2D eigenvalue weighted by Gasteiger charge is -2.25. The minimum Gasteiger partial charge on any atom is -0.502 e. The van der Waals surface area contributed by atoms with Crippen LogP contribution in [-0.2, 0) is 6.54 Å². The number of benzene rings is 1. The summed E-state index contributed by atoms with van der Waals surface area (Å²) in [5.41, 5.74) is 0.783. The first-order chi connectivity index (χ1) is 8.93. The van der Waals surface area contributed by atoms with Gasteiger partial charge in [0.1, 0.15) is 0 Å². The molecule has 0 heterocycles. The molecule has 0 aliphatic heterocycles. The Labute approximate surface area is 114 Å². The van der Waals surface area contributed by atoms with E-state index in [-0.39, 0.29) is 17.9 Å². The van der Waals surface area contributed by atoms with Gasteiger partial charge in [0.25, 0.3) is 0 Å². The van der Waals surface area contributed by atoms with Crippen LogP contribution in [0.4, 0.5) is 0 Å². The molecule has 0 amide bonds. The van der Waals surface area contributed by atoms with E-state index in [1.165, 1.54) is 14.2 Å². The van der Waals surface area contributed by atoms with Gasteiger partial charge in [0, 0.05) is 18.7 Å². The summed E-state index contributed by atoms with van der Waals surface area (Å²) >= 11 is 0. The van der Waals surface area contributed by atoms with E-state index in [0.29, 0.717) is 24.5 Å². The van der Waals surface area contributed by atoms with Crippen molar-refractivity contribution < 1.29 is 19.7 Å². The molecule has 0 bridgehead atoms. The number of aliphatic hydroxyl groups is 1. The summed E-state index contributed by atoms with van der Waals surface area (Å²) in [4.78, 5) is 0. The largest absolute Gasteiger partial charge is 0.502 e. The van der Waals surface area contributed by atoms with Gasteiger partial charge in [-0.1, -0.05) is 0 Å². The molecule has 0 saturated carbocycles. The van der Waals surface area contributed by atoms with Crippen molar-refractivity contribution in [1.29, 1.82) is 0 Å². The average molecular weight is 269 g/mol. The minimum atomic E-state index is -0.160. The fourth-order valence-corrected chi connectivity index (χ4v) is 1.76. The van der Waals surface area contributed by atoms with E-state index in [4.69, 9.17) is 14.6 Å². The van der Waals surface area contributed by atoms with Gasteiger partial charge < -0.3 is 25.0 Å². The van der Waals surface area contributed by atoms with E-state index in [1.54, 1.807) is 12.1 Å². The van der Waals surface area contributed by atoms with Crippen LogP contribution in [0.1, 0.15) is 25.8 Å². The van der Waals surface area contributed by atoms with Crippen LogP contribution in [0.3, 0.4) is 0 Å². The van der Waals surface area contributed by atoms with Gasteiger partial charge in [-0.15, -0.1) is 0 Å². The van der Waals surface area contributed by atoms with Crippen molar-refractivity contribution in [2.24, 2.45) is 0 Å². The van der Waals surface area contributed by atoms with Crippen LogP contribution < -0.4 is 14.8 Å². The number of phenolic OH excluding ortho intramolecular Hbond substituents is 1. The number of aliphatic hydroxyl groups excluding tert-OH is 1. The summed E-state index contributed by atoms with van der Waals surface area (Å²) in [6.45, 7) is 4.79. The molecule has 0 aromatic heterocycles. The van der Waals surface area contributed by atoms with E-state index < -0.39 is 0 Å². The van der Waals surface area contributed by atoms with Gasteiger partial charge in [0.2, 0.25) is 5.75 Å². The van der Waals surface area contributed by atoms with Crippen LogP contribution >= 0.6 is 0 Å². The van der Waals surface area contributed by atoms with Crippen molar-refractivity contribution >= 4 is 0 Å². The van der Waals surface area contributed by atoms with Crippen molar-refractivity contribution in [3.05, 3.63) is 17.7 Å². The molecule has 1 rings (SSSR count). The van der Waals surface area contributed by atoms with E-state index in [0.717, 1.165) is 5.56 Å². The van der Waals surface area contributed by atoms with E-state index in [2.05, 4.69) is 5.32 Å². The molecule has 0 spiro atoms. The molecule has 0 atom stereocenters. The molecule has 0 saturated heterocycles. The van der Waals surface area contributed by atoms with Crippen molar-refractivity contribution in [2.45, 2.75) is 32.4 Å².